The fourth-order valence-electron chi connectivity index (χ4n) is 5.62. The van der Waals surface area contributed by atoms with Crippen LogP contribution in [0.4, 0.5) is 0 Å². The van der Waals surface area contributed by atoms with Crippen molar-refractivity contribution in [3.63, 3.8) is 0 Å². The van der Waals surface area contributed by atoms with Gasteiger partial charge in [-0.1, -0.05) is 20.8 Å². The number of carbonyl (C=O) groups is 2. The monoisotopic (exact) mass is 377 g/mol. The number of rotatable bonds is 5. The molecule has 0 spiro atoms. The highest BCUT2D eigenvalue weighted by Gasteiger charge is 2.53. The van der Waals surface area contributed by atoms with E-state index >= 15 is 0 Å². The summed E-state index contributed by atoms with van der Waals surface area (Å²) >= 11 is 0. The molecule has 152 valence electrons. The summed E-state index contributed by atoms with van der Waals surface area (Å²) in [6.45, 7) is 8.24. The zero-order chi connectivity index (χ0) is 20.4. The first-order chi connectivity index (χ1) is 12.6. The fraction of sp³-hybridized carbons (Fsp3) is 0.857. The predicted molar refractivity (Wildman–Crippen MR) is 103 cm³/mol. The fourth-order valence-corrected chi connectivity index (χ4v) is 5.62. The normalized spacial score (nSPS) is 36.9. The van der Waals surface area contributed by atoms with Gasteiger partial charge >= 0.3 is 0 Å². The molecule has 6 nitrogen and oxygen atoms in total. The number of hydrogen-bond donors (Lipinski definition) is 2. The van der Waals surface area contributed by atoms with Gasteiger partial charge < -0.3 is 15.3 Å². The Morgan fingerprint density at radius 1 is 1.37 bits per heavy atom. The van der Waals surface area contributed by atoms with Crippen LogP contribution >= 0.6 is 0 Å². The van der Waals surface area contributed by atoms with Gasteiger partial charge in [-0.3, -0.25) is 9.59 Å². The number of aliphatic hydroxyl groups excluding tert-OH is 1. The highest BCUT2D eigenvalue weighted by Crippen LogP contribution is 2.55. The molecule has 6 heteroatoms. The molecule has 2 amide bonds. The predicted octanol–water partition coefficient (Wildman–Crippen LogP) is 2.32. The molecule has 0 aromatic heterocycles. The summed E-state index contributed by atoms with van der Waals surface area (Å²) in [5.41, 5.74) is 0.0553. The maximum absolute atomic E-state index is 12.8. The molecule has 0 aromatic carbocycles. The van der Waals surface area contributed by atoms with Gasteiger partial charge in [-0.05, 0) is 48.9 Å². The van der Waals surface area contributed by atoms with E-state index in [1.165, 1.54) is 0 Å². The molecule has 0 bridgehead atoms. The molecule has 2 rings (SSSR count). The molecule has 0 aromatic rings. The van der Waals surface area contributed by atoms with Crippen molar-refractivity contribution in [2.24, 2.45) is 29.1 Å². The maximum Gasteiger partial charge on any atom is 0.225 e. The quantitative estimate of drug-likeness (QED) is 0.769. The van der Waals surface area contributed by atoms with Crippen LogP contribution in [0.15, 0.2) is 0 Å². The molecule has 2 aliphatic carbocycles. The summed E-state index contributed by atoms with van der Waals surface area (Å²) in [6.07, 6.45) is 3.52. The second-order valence-corrected chi connectivity index (χ2v) is 9.03. The van der Waals surface area contributed by atoms with E-state index in [4.69, 9.17) is 5.26 Å². The lowest BCUT2D eigenvalue weighted by Crippen LogP contribution is -2.58. The topological polar surface area (TPSA) is 93.4 Å². The zero-order valence-electron chi connectivity index (χ0n) is 17.4. The van der Waals surface area contributed by atoms with Crippen LogP contribution in [0.25, 0.3) is 0 Å². The van der Waals surface area contributed by atoms with Crippen molar-refractivity contribution in [1.82, 2.24) is 10.2 Å². The SMILES string of the molecule is CC(=O)N[C@H]1CC[C@]2(C)CC[C@@H]([C@H](C)C(=O)N(C)CCC#N)[C@H](O)[C@H]2[C@@H]1C. The minimum Gasteiger partial charge on any atom is -0.392 e. The summed E-state index contributed by atoms with van der Waals surface area (Å²) in [4.78, 5) is 25.9. The molecule has 2 fully saturated rings. The molecular formula is C21H35N3O3. The smallest absolute Gasteiger partial charge is 0.225 e. The summed E-state index contributed by atoms with van der Waals surface area (Å²) in [5, 5.41) is 23.1. The molecule has 7 atom stereocenters. The first-order valence-electron chi connectivity index (χ1n) is 10.2. The Hall–Kier alpha value is -1.61. The minimum atomic E-state index is -0.557. The number of amides is 2. The van der Waals surface area contributed by atoms with E-state index in [0.29, 0.717) is 13.0 Å². The van der Waals surface area contributed by atoms with Gasteiger partial charge in [-0.15, -0.1) is 0 Å². The molecule has 0 saturated heterocycles. The van der Waals surface area contributed by atoms with E-state index in [0.717, 1.165) is 25.7 Å². The Labute approximate surface area is 163 Å². The summed E-state index contributed by atoms with van der Waals surface area (Å²) in [7, 11) is 1.73. The second-order valence-electron chi connectivity index (χ2n) is 9.03. The van der Waals surface area contributed by atoms with Crippen LogP contribution in [0.1, 0.15) is 59.8 Å². The Morgan fingerprint density at radius 2 is 2.00 bits per heavy atom. The number of nitrogens with one attached hydrogen (secondary N) is 1. The number of fused-ring (bicyclic) bond motifs is 1. The average molecular weight is 378 g/mol. The highest BCUT2D eigenvalue weighted by molar-refractivity contribution is 5.78. The lowest BCUT2D eigenvalue weighted by Gasteiger charge is -2.56. The van der Waals surface area contributed by atoms with Crippen LogP contribution in [0.2, 0.25) is 0 Å². The van der Waals surface area contributed by atoms with Crippen LogP contribution in [0, 0.1) is 40.4 Å². The van der Waals surface area contributed by atoms with Crippen LogP contribution in [0.5, 0.6) is 0 Å². The molecule has 0 unspecified atom stereocenters. The first kappa shape index (κ1) is 21.7. The lowest BCUT2D eigenvalue weighted by atomic mass is 9.51. The van der Waals surface area contributed by atoms with Crippen molar-refractivity contribution in [3.05, 3.63) is 0 Å². The Bertz CT molecular complexity index is 602. The Balaban J connectivity index is 2.15. The standard InChI is InChI=1S/C21H35N3O3/c1-13(20(27)24(5)12-6-11-22)16-7-9-21(4)10-8-17(23-15(3)25)14(2)18(21)19(16)26/h13-14,16-19,26H,6-10,12H2,1-5H3,(H,23,25)/t13-,14+,16-,17-,18+,19-,21-/m0/s1. The molecule has 27 heavy (non-hydrogen) atoms. The summed E-state index contributed by atoms with van der Waals surface area (Å²) in [6, 6.07) is 2.15. The molecule has 0 radical (unpaired) electrons. The number of nitrogens with zero attached hydrogens (tertiary/aromatic N) is 2. The van der Waals surface area contributed by atoms with Crippen molar-refractivity contribution >= 4 is 11.8 Å². The van der Waals surface area contributed by atoms with E-state index < -0.39 is 6.10 Å². The van der Waals surface area contributed by atoms with Gasteiger partial charge in [0.2, 0.25) is 11.8 Å². The van der Waals surface area contributed by atoms with E-state index in [1.807, 2.05) is 6.92 Å². The van der Waals surface area contributed by atoms with Gasteiger partial charge in [0.05, 0.1) is 18.6 Å². The Morgan fingerprint density at radius 3 is 2.59 bits per heavy atom. The second kappa shape index (κ2) is 8.60. The van der Waals surface area contributed by atoms with E-state index in [9.17, 15) is 14.7 Å². The van der Waals surface area contributed by atoms with Gasteiger partial charge in [-0.2, -0.15) is 5.26 Å². The van der Waals surface area contributed by atoms with Crippen LogP contribution in [-0.2, 0) is 9.59 Å². The largest absolute Gasteiger partial charge is 0.392 e. The molecule has 2 N–H and O–H groups in total. The number of aliphatic hydroxyl groups is 1. The van der Waals surface area contributed by atoms with Crippen LogP contribution in [0.3, 0.4) is 0 Å². The van der Waals surface area contributed by atoms with Gasteiger partial charge in [-0.25, -0.2) is 0 Å². The van der Waals surface area contributed by atoms with Crippen molar-refractivity contribution in [1.29, 1.82) is 5.26 Å². The van der Waals surface area contributed by atoms with E-state index in [1.54, 1.807) is 18.9 Å². The van der Waals surface area contributed by atoms with Crippen molar-refractivity contribution < 1.29 is 14.7 Å². The van der Waals surface area contributed by atoms with Gasteiger partial charge in [0, 0.05) is 32.5 Å². The third-order valence-electron chi connectivity index (χ3n) is 7.24. The highest BCUT2D eigenvalue weighted by atomic mass is 16.3. The summed E-state index contributed by atoms with van der Waals surface area (Å²) < 4.78 is 0. The van der Waals surface area contributed by atoms with Crippen molar-refractivity contribution in [2.45, 2.75) is 71.9 Å². The molecule has 2 saturated carbocycles. The van der Waals surface area contributed by atoms with Gasteiger partial charge in [0.1, 0.15) is 0 Å². The zero-order valence-corrected chi connectivity index (χ0v) is 17.4. The van der Waals surface area contributed by atoms with E-state index in [-0.39, 0.29) is 46.9 Å². The van der Waals surface area contributed by atoms with Crippen LogP contribution < -0.4 is 5.32 Å². The van der Waals surface area contributed by atoms with Crippen molar-refractivity contribution in [3.8, 4) is 6.07 Å². The molecule has 2 aliphatic rings. The average Bonchev–Trinajstić information content (AvgIpc) is 2.61. The van der Waals surface area contributed by atoms with Gasteiger partial charge in [0.15, 0.2) is 0 Å². The molecule has 0 heterocycles. The molecule has 0 aliphatic heterocycles. The number of nitriles is 1. The maximum atomic E-state index is 12.8. The van der Waals surface area contributed by atoms with Crippen molar-refractivity contribution in [2.75, 3.05) is 13.6 Å². The minimum absolute atomic E-state index is 0.000207. The number of carbonyl (C=O) groups excluding carboxylic acids is 2. The molecular weight excluding hydrogens is 342 g/mol. The Kier molecular flexibility index (Phi) is 6.91. The van der Waals surface area contributed by atoms with Gasteiger partial charge in [0.25, 0.3) is 0 Å². The first-order valence-corrected chi connectivity index (χ1v) is 10.2. The third-order valence-corrected chi connectivity index (χ3v) is 7.24. The van der Waals surface area contributed by atoms with Crippen LogP contribution in [-0.4, -0.2) is 47.6 Å². The van der Waals surface area contributed by atoms with E-state index in [2.05, 4.69) is 25.2 Å². The lowest BCUT2D eigenvalue weighted by molar-refractivity contribution is -0.149. The summed E-state index contributed by atoms with van der Waals surface area (Å²) in [5.74, 6) is -0.148. The number of hydrogen-bond acceptors (Lipinski definition) is 4. The third kappa shape index (κ3) is 4.45.